The number of nitrogens with one attached hydrogen (secondary N) is 2. The predicted molar refractivity (Wildman–Crippen MR) is 116 cm³/mol. The first-order valence-corrected chi connectivity index (χ1v) is 10.5. The monoisotopic (exact) mass is 450 g/mol. The van der Waals surface area contributed by atoms with Gasteiger partial charge in [-0.2, -0.15) is 0 Å². The van der Waals surface area contributed by atoms with Gasteiger partial charge >= 0.3 is 6.09 Å². The number of furan rings is 1. The number of fused-ring (bicyclic) bond motifs is 1. The molecule has 2 amide bonds. The molecular weight excluding hydrogens is 428 g/mol. The van der Waals surface area contributed by atoms with E-state index >= 15 is 0 Å². The minimum absolute atomic E-state index is 0.180. The summed E-state index contributed by atoms with van der Waals surface area (Å²) in [6.07, 6.45) is -0.634. The molecule has 4 atom stereocenters. The van der Waals surface area contributed by atoms with Gasteiger partial charge in [0.1, 0.15) is 23.7 Å². The SMILES string of the molecule is O=C(Nc1ccc(Oc2ccccc2)cc1)OC1COC2C(NC(=O)c3ccco3)COC12. The van der Waals surface area contributed by atoms with Crippen molar-refractivity contribution in [3.8, 4) is 11.5 Å². The molecule has 0 bridgehead atoms. The van der Waals surface area contributed by atoms with Crippen molar-refractivity contribution in [2.45, 2.75) is 24.4 Å². The second-order valence-corrected chi connectivity index (χ2v) is 7.66. The largest absolute Gasteiger partial charge is 0.459 e. The third kappa shape index (κ3) is 4.84. The fourth-order valence-electron chi connectivity index (χ4n) is 3.85. The highest BCUT2D eigenvalue weighted by molar-refractivity contribution is 5.91. The van der Waals surface area contributed by atoms with Gasteiger partial charge in [0.2, 0.25) is 0 Å². The Bertz CT molecular complexity index is 1090. The molecule has 2 fully saturated rings. The van der Waals surface area contributed by atoms with Gasteiger partial charge in [0, 0.05) is 5.69 Å². The molecule has 2 aliphatic rings. The van der Waals surface area contributed by atoms with Crippen LogP contribution in [0.5, 0.6) is 11.5 Å². The topological polar surface area (TPSA) is 108 Å². The minimum atomic E-state index is -0.618. The molecule has 0 radical (unpaired) electrons. The number of hydrogen-bond donors (Lipinski definition) is 2. The highest BCUT2D eigenvalue weighted by atomic mass is 16.6. The molecule has 170 valence electrons. The van der Waals surface area contributed by atoms with Crippen molar-refractivity contribution in [3.63, 3.8) is 0 Å². The van der Waals surface area contributed by atoms with E-state index in [2.05, 4.69) is 10.6 Å². The Labute approximate surface area is 189 Å². The van der Waals surface area contributed by atoms with Crippen LogP contribution in [-0.2, 0) is 14.2 Å². The molecular formula is C24H22N2O7. The van der Waals surface area contributed by atoms with Crippen LogP contribution in [0, 0.1) is 0 Å². The Morgan fingerprint density at radius 3 is 2.36 bits per heavy atom. The molecule has 9 nitrogen and oxygen atoms in total. The fourth-order valence-corrected chi connectivity index (χ4v) is 3.85. The van der Waals surface area contributed by atoms with Crippen molar-refractivity contribution in [3.05, 3.63) is 78.8 Å². The molecule has 1 aromatic heterocycles. The summed E-state index contributed by atoms with van der Waals surface area (Å²) in [6.45, 7) is 0.436. The third-order valence-corrected chi connectivity index (χ3v) is 5.41. The number of rotatable bonds is 6. The second kappa shape index (κ2) is 9.35. The van der Waals surface area contributed by atoms with E-state index in [9.17, 15) is 9.59 Å². The molecule has 0 saturated carbocycles. The van der Waals surface area contributed by atoms with Gasteiger partial charge in [0.25, 0.3) is 5.91 Å². The molecule has 0 aliphatic carbocycles. The molecule has 2 saturated heterocycles. The quantitative estimate of drug-likeness (QED) is 0.591. The first-order valence-electron chi connectivity index (χ1n) is 10.5. The van der Waals surface area contributed by atoms with Gasteiger partial charge in [0.15, 0.2) is 11.9 Å². The highest BCUT2D eigenvalue weighted by Crippen LogP contribution is 2.29. The Morgan fingerprint density at radius 1 is 0.848 bits per heavy atom. The van der Waals surface area contributed by atoms with Crippen LogP contribution in [0.2, 0.25) is 0 Å². The molecule has 2 aliphatic heterocycles. The summed E-state index contributed by atoms with van der Waals surface area (Å²) in [5.74, 6) is 1.24. The van der Waals surface area contributed by atoms with Gasteiger partial charge in [-0.1, -0.05) is 18.2 Å². The molecule has 0 spiro atoms. The Balaban J connectivity index is 1.12. The summed E-state index contributed by atoms with van der Waals surface area (Å²) in [4.78, 5) is 24.6. The summed E-state index contributed by atoms with van der Waals surface area (Å²) in [5.41, 5.74) is 0.562. The molecule has 9 heteroatoms. The lowest BCUT2D eigenvalue weighted by atomic mass is 10.1. The van der Waals surface area contributed by atoms with Crippen LogP contribution < -0.4 is 15.4 Å². The van der Waals surface area contributed by atoms with Crippen LogP contribution in [0.1, 0.15) is 10.6 Å². The first kappa shape index (κ1) is 21.0. The van der Waals surface area contributed by atoms with Crippen molar-refractivity contribution in [2.75, 3.05) is 18.5 Å². The average molecular weight is 450 g/mol. The van der Waals surface area contributed by atoms with Gasteiger partial charge in [-0.25, -0.2) is 4.79 Å². The van der Waals surface area contributed by atoms with Crippen LogP contribution in [0.4, 0.5) is 10.5 Å². The summed E-state index contributed by atoms with van der Waals surface area (Å²) in [6, 6.07) is 19.2. The van der Waals surface area contributed by atoms with E-state index in [0.717, 1.165) is 5.75 Å². The molecule has 3 heterocycles. The average Bonchev–Trinajstić information content (AvgIpc) is 3.57. The number of hydrogen-bond acceptors (Lipinski definition) is 7. The number of ether oxygens (including phenoxy) is 4. The first-order chi connectivity index (χ1) is 16.2. The zero-order valence-corrected chi connectivity index (χ0v) is 17.5. The predicted octanol–water partition coefficient (Wildman–Crippen LogP) is 3.59. The maximum atomic E-state index is 12.4. The fraction of sp³-hybridized carbons (Fsp3) is 0.250. The Morgan fingerprint density at radius 2 is 1.61 bits per heavy atom. The molecule has 4 unspecified atom stereocenters. The van der Waals surface area contributed by atoms with Crippen molar-refractivity contribution >= 4 is 17.7 Å². The van der Waals surface area contributed by atoms with Crippen LogP contribution in [0.3, 0.4) is 0 Å². The second-order valence-electron chi connectivity index (χ2n) is 7.66. The number of para-hydroxylation sites is 1. The lowest BCUT2D eigenvalue weighted by Crippen LogP contribution is -2.44. The van der Waals surface area contributed by atoms with Crippen molar-refractivity contribution in [2.24, 2.45) is 0 Å². The maximum Gasteiger partial charge on any atom is 0.412 e. The van der Waals surface area contributed by atoms with Crippen LogP contribution >= 0.6 is 0 Å². The lowest BCUT2D eigenvalue weighted by molar-refractivity contribution is 0.00860. The number of carbonyl (C=O) groups is 2. The molecule has 33 heavy (non-hydrogen) atoms. The maximum absolute atomic E-state index is 12.4. The summed E-state index contributed by atoms with van der Waals surface area (Å²) >= 11 is 0. The van der Waals surface area contributed by atoms with Gasteiger partial charge in [0.05, 0.1) is 25.5 Å². The smallest absolute Gasteiger partial charge is 0.412 e. The summed E-state index contributed by atoms with van der Waals surface area (Å²) in [7, 11) is 0. The summed E-state index contributed by atoms with van der Waals surface area (Å²) in [5, 5.41) is 5.53. The zero-order valence-electron chi connectivity index (χ0n) is 17.5. The third-order valence-electron chi connectivity index (χ3n) is 5.41. The number of anilines is 1. The number of amides is 2. The van der Waals surface area contributed by atoms with Crippen LogP contribution in [0.25, 0.3) is 0 Å². The van der Waals surface area contributed by atoms with E-state index in [1.54, 1.807) is 36.4 Å². The standard InChI is InChI=1S/C24H22N2O7/c27-23(19-7-4-12-29-19)26-18-13-30-22-20(14-31-21(18)22)33-24(28)25-15-8-10-17(11-9-15)32-16-5-2-1-3-6-16/h1-12,18,20-22H,13-14H2,(H,25,28)(H,26,27). The minimum Gasteiger partial charge on any atom is -0.459 e. The van der Waals surface area contributed by atoms with E-state index < -0.39 is 24.4 Å². The lowest BCUT2D eigenvalue weighted by Gasteiger charge is -2.17. The van der Waals surface area contributed by atoms with E-state index in [-0.39, 0.29) is 30.9 Å². The van der Waals surface area contributed by atoms with E-state index in [0.29, 0.717) is 11.4 Å². The summed E-state index contributed by atoms with van der Waals surface area (Å²) < 4.78 is 27.9. The Hall–Kier alpha value is -3.82. The van der Waals surface area contributed by atoms with Gasteiger partial charge in [-0.3, -0.25) is 10.1 Å². The molecule has 2 aromatic carbocycles. The Kier molecular flexibility index (Phi) is 5.97. The van der Waals surface area contributed by atoms with Gasteiger partial charge in [-0.05, 0) is 48.5 Å². The van der Waals surface area contributed by atoms with Crippen molar-refractivity contribution in [1.82, 2.24) is 5.32 Å². The van der Waals surface area contributed by atoms with Gasteiger partial charge < -0.3 is 28.7 Å². The molecule has 2 N–H and O–H groups in total. The number of benzene rings is 2. The van der Waals surface area contributed by atoms with Crippen molar-refractivity contribution < 1.29 is 33.0 Å². The highest BCUT2D eigenvalue weighted by Gasteiger charge is 2.50. The van der Waals surface area contributed by atoms with Crippen LogP contribution in [-0.4, -0.2) is 49.6 Å². The van der Waals surface area contributed by atoms with E-state index in [4.69, 9.17) is 23.4 Å². The van der Waals surface area contributed by atoms with E-state index in [1.165, 1.54) is 6.26 Å². The normalized spacial score (nSPS) is 23.5. The van der Waals surface area contributed by atoms with Crippen LogP contribution in [0.15, 0.2) is 77.4 Å². The van der Waals surface area contributed by atoms with Crippen molar-refractivity contribution in [1.29, 1.82) is 0 Å². The van der Waals surface area contributed by atoms with E-state index in [1.807, 2.05) is 30.3 Å². The molecule has 5 rings (SSSR count). The number of carbonyl (C=O) groups excluding carboxylic acids is 2. The zero-order chi connectivity index (χ0) is 22.6. The van der Waals surface area contributed by atoms with Gasteiger partial charge in [-0.15, -0.1) is 0 Å². The molecule has 3 aromatic rings.